The summed E-state index contributed by atoms with van der Waals surface area (Å²) >= 11 is -5.17. The quantitative estimate of drug-likeness (QED) is 0.369. The van der Waals surface area contributed by atoms with Gasteiger partial charge in [0.1, 0.15) is 0 Å². The van der Waals surface area contributed by atoms with E-state index in [9.17, 15) is 22.5 Å². The molecule has 8 heteroatoms. The van der Waals surface area contributed by atoms with Gasteiger partial charge in [0.2, 0.25) is 0 Å². The Morgan fingerprint density at radius 3 is 2.54 bits per heavy atom. The molecule has 0 saturated heterocycles. The summed E-state index contributed by atoms with van der Waals surface area (Å²) in [5, 5.41) is 12.0. The molecule has 2 aromatic rings. The fourth-order valence-electron chi connectivity index (χ4n) is 2.10. The Bertz CT molecular complexity index is 879. The molecule has 7 nitrogen and oxygen atoms in total. The maximum atomic E-state index is 12.4. The van der Waals surface area contributed by atoms with Gasteiger partial charge in [-0.05, 0) is 0 Å². The number of benzene rings is 2. The third-order valence-corrected chi connectivity index (χ3v) is 6.13. The molecule has 2 rings (SSSR count). The van der Waals surface area contributed by atoms with Gasteiger partial charge in [-0.2, -0.15) is 0 Å². The Kier molecular flexibility index (Phi) is 6.44. The number of nitrogens with one attached hydrogen (secondary N) is 1. The Morgan fingerprint density at radius 1 is 1.19 bits per heavy atom. The second-order valence-electron chi connectivity index (χ2n) is 5.41. The van der Waals surface area contributed by atoms with Crippen molar-refractivity contribution in [3.63, 3.8) is 0 Å². The van der Waals surface area contributed by atoms with E-state index in [1.807, 2.05) is 30.3 Å². The Hall–Kier alpha value is -2.76. The Labute approximate surface area is 153 Å². The summed E-state index contributed by atoms with van der Waals surface area (Å²) in [6.45, 7) is 1.23. The summed E-state index contributed by atoms with van der Waals surface area (Å²) in [6.07, 6.45) is 3.10. The summed E-state index contributed by atoms with van der Waals surface area (Å²) in [5.74, 6) is -1.67. The molecule has 136 valence electrons. The summed E-state index contributed by atoms with van der Waals surface area (Å²) < 4.78 is 27.0. The number of anilines is 1. The van der Waals surface area contributed by atoms with Crippen LogP contribution < -0.4 is 9.67 Å². The normalized spacial score (nSPS) is 13.2. The number of hydrogen-bond acceptors (Lipinski definition) is 5. The fourth-order valence-corrected chi connectivity index (χ4v) is 4.13. The van der Waals surface area contributed by atoms with Crippen LogP contribution in [0.4, 0.5) is 5.69 Å². The van der Waals surface area contributed by atoms with Crippen LogP contribution in [0.1, 0.15) is 12.5 Å². The zero-order valence-corrected chi connectivity index (χ0v) is 15.8. The molecule has 0 aliphatic carbocycles. The molecule has 0 bridgehead atoms. The van der Waals surface area contributed by atoms with Crippen LogP contribution in [0.5, 0.6) is 5.75 Å². The van der Waals surface area contributed by atoms with Crippen molar-refractivity contribution in [2.75, 3.05) is 5.32 Å². The van der Waals surface area contributed by atoms with Gasteiger partial charge in [0.15, 0.2) is 0 Å². The molecular weight excluding hydrogens is 401 g/mol. The molecule has 0 fully saturated rings. The number of phenols is 1. The zero-order chi connectivity index (χ0) is 19.2. The third-order valence-electron chi connectivity index (χ3n) is 3.28. The van der Waals surface area contributed by atoms with E-state index in [4.69, 9.17) is 3.73 Å². The second-order valence-corrected chi connectivity index (χ2v) is 9.06. The predicted octanol–water partition coefficient (Wildman–Crippen LogP) is 1.26. The average Bonchev–Trinajstić information content (AvgIpc) is 2.57. The van der Waals surface area contributed by atoms with Crippen molar-refractivity contribution >= 4 is 36.1 Å². The molecule has 0 aliphatic heterocycles. The molecule has 1 atom stereocenters. The van der Waals surface area contributed by atoms with E-state index in [0.29, 0.717) is 6.42 Å². The van der Waals surface area contributed by atoms with Crippen LogP contribution in [0, 0.1) is 0 Å². The number of rotatable bonds is 6. The van der Waals surface area contributed by atoms with Crippen molar-refractivity contribution in [2.24, 2.45) is 0 Å². The number of aromatic hydroxyl groups is 1. The van der Waals surface area contributed by atoms with Gasteiger partial charge in [0, 0.05) is 0 Å². The van der Waals surface area contributed by atoms with E-state index in [1.165, 1.54) is 19.1 Å². The first-order chi connectivity index (χ1) is 12.3. The fraction of sp³-hybridized carbons (Fsp3) is 0.111. The number of carbonyl (C=O) groups excluding carboxylic acids is 2. The van der Waals surface area contributed by atoms with Crippen LogP contribution in [0.25, 0.3) is 0 Å². The third kappa shape index (κ3) is 5.65. The Morgan fingerprint density at radius 2 is 1.88 bits per heavy atom. The number of phenolic OH excluding ortho intramolecular Hbond substituents is 1. The van der Waals surface area contributed by atoms with Gasteiger partial charge in [-0.3, -0.25) is 0 Å². The maximum absolute atomic E-state index is 12.4. The van der Waals surface area contributed by atoms with Gasteiger partial charge in [-0.15, -0.1) is 0 Å². The van der Waals surface area contributed by atoms with Crippen molar-refractivity contribution < 1.29 is 26.3 Å². The summed E-state index contributed by atoms with van der Waals surface area (Å²) in [7, 11) is 0. The van der Waals surface area contributed by atoms with Crippen molar-refractivity contribution in [1.29, 1.82) is 0 Å². The van der Waals surface area contributed by atoms with E-state index in [1.54, 1.807) is 0 Å². The van der Waals surface area contributed by atoms with Crippen LogP contribution in [-0.4, -0.2) is 35.3 Å². The van der Waals surface area contributed by atoms with Gasteiger partial charge >= 0.3 is 153 Å². The second kappa shape index (κ2) is 8.56. The SMILES string of the molecule is CC(=O)Nc1cc([As](=O)(O)OC(=O)/C=C\Cc2ccccc2)ccc1O. The van der Waals surface area contributed by atoms with Crippen molar-refractivity contribution in [3.05, 3.63) is 66.2 Å². The van der Waals surface area contributed by atoms with Crippen molar-refractivity contribution in [3.8, 4) is 5.75 Å². The van der Waals surface area contributed by atoms with E-state index in [-0.39, 0.29) is 15.8 Å². The van der Waals surface area contributed by atoms with Crippen LogP contribution in [0.2, 0.25) is 0 Å². The van der Waals surface area contributed by atoms with E-state index >= 15 is 0 Å². The predicted molar refractivity (Wildman–Crippen MR) is 96.1 cm³/mol. The van der Waals surface area contributed by atoms with Gasteiger partial charge in [0.05, 0.1) is 0 Å². The molecule has 1 unspecified atom stereocenters. The molecule has 2 aromatic carbocycles. The van der Waals surface area contributed by atoms with Crippen molar-refractivity contribution in [2.45, 2.75) is 13.3 Å². The standard InChI is InChI=1S/C18H18AsNO6/c1-13(21)20-16-12-15(10-11-17(16)22)19(24,25)26-18(23)9-5-8-14-6-3-2-4-7-14/h2-7,9-12,22H,8H2,1H3,(H,20,21)(H,24,25)/b9-5-. The summed E-state index contributed by atoms with van der Waals surface area (Å²) in [4.78, 5) is 22.9. The molecule has 0 aromatic heterocycles. The number of allylic oxidation sites excluding steroid dienone is 1. The molecule has 26 heavy (non-hydrogen) atoms. The average molecular weight is 419 g/mol. The summed E-state index contributed by atoms with van der Waals surface area (Å²) in [6, 6.07) is 12.8. The molecular formula is C18H18AsNO6. The minimum atomic E-state index is -5.17. The van der Waals surface area contributed by atoms with Gasteiger partial charge < -0.3 is 0 Å². The van der Waals surface area contributed by atoms with Crippen LogP contribution in [0.3, 0.4) is 0 Å². The number of amides is 1. The zero-order valence-electron chi connectivity index (χ0n) is 14.0. The first-order valence-corrected chi connectivity index (χ1v) is 11.0. The van der Waals surface area contributed by atoms with Crippen LogP contribution in [0.15, 0.2) is 60.7 Å². The van der Waals surface area contributed by atoms with Crippen LogP contribution >= 0.6 is 0 Å². The van der Waals surface area contributed by atoms with E-state index in [2.05, 4.69) is 5.32 Å². The molecule has 0 heterocycles. The van der Waals surface area contributed by atoms with Crippen molar-refractivity contribution in [1.82, 2.24) is 0 Å². The molecule has 3 N–H and O–H groups in total. The number of hydrogen-bond donors (Lipinski definition) is 3. The summed E-state index contributed by atoms with van der Waals surface area (Å²) in [5.41, 5.74) is 0.939. The molecule has 0 radical (unpaired) electrons. The first kappa shape index (κ1) is 19.6. The molecule has 0 spiro atoms. The topological polar surface area (TPSA) is 113 Å². The van der Waals surface area contributed by atoms with Gasteiger partial charge in [-0.25, -0.2) is 0 Å². The van der Waals surface area contributed by atoms with Gasteiger partial charge in [0.25, 0.3) is 0 Å². The van der Waals surface area contributed by atoms with E-state index in [0.717, 1.165) is 23.8 Å². The monoisotopic (exact) mass is 419 g/mol. The van der Waals surface area contributed by atoms with Gasteiger partial charge in [-0.1, -0.05) is 0 Å². The molecule has 1 amide bonds. The van der Waals surface area contributed by atoms with E-state index < -0.39 is 26.0 Å². The van der Waals surface area contributed by atoms with Crippen LogP contribution in [-0.2, 0) is 23.5 Å². The number of carbonyl (C=O) groups is 2. The molecule has 0 saturated carbocycles. The Balaban J connectivity index is 2.06. The first-order valence-electron chi connectivity index (χ1n) is 7.66. The molecule has 0 aliphatic rings. The minimum absolute atomic E-state index is 0.0404.